The van der Waals surface area contributed by atoms with Gasteiger partial charge < -0.3 is 4.74 Å². The number of allylic oxidation sites excluding steroid dienone is 4. The zero-order valence-corrected chi connectivity index (χ0v) is 14.5. The van der Waals surface area contributed by atoms with Crippen LogP contribution in [-0.2, 0) is 9.53 Å². The summed E-state index contributed by atoms with van der Waals surface area (Å²) < 4.78 is 5.92. The van der Waals surface area contributed by atoms with Gasteiger partial charge in [-0.25, -0.2) is 0 Å². The number of fused-ring (bicyclic) bond motifs is 1. The van der Waals surface area contributed by atoms with Crippen molar-refractivity contribution >= 4 is 17.3 Å². The maximum absolute atomic E-state index is 13.3. The van der Waals surface area contributed by atoms with E-state index in [-0.39, 0.29) is 23.1 Å². The Morgan fingerprint density at radius 2 is 1.41 bits per heavy atom. The summed E-state index contributed by atoms with van der Waals surface area (Å²) in [6.07, 6.45) is 1.73. The van der Waals surface area contributed by atoms with Gasteiger partial charge in [-0.3, -0.25) is 14.4 Å². The molecule has 2 aromatic rings. The number of ether oxygens (including phenoxy) is 1. The fraction of sp³-hybridized carbons (Fsp3) is 0.174. The van der Waals surface area contributed by atoms with Crippen LogP contribution in [0, 0.1) is 0 Å². The molecule has 0 aromatic heterocycles. The summed E-state index contributed by atoms with van der Waals surface area (Å²) in [6.45, 7) is 0. The van der Waals surface area contributed by atoms with Crippen LogP contribution in [0.4, 0.5) is 0 Å². The molecule has 0 saturated heterocycles. The molecule has 1 unspecified atom stereocenters. The molecule has 4 heteroatoms. The largest absolute Gasteiger partial charge is 0.457 e. The van der Waals surface area contributed by atoms with Crippen LogP contribution in [0.25, 0.3) is 0 Å². The van der Waals surface area contributed by atoms with Crippen molar-refractivity contribution in [3.8, 4) is 0 Å². The summed E-state index contributed by atoms with van der Waals surface area (Å²) in [4.78, 5) is 39.2. The molecule has 5 rings (SSSR count). The number of carbonyl (C=O) groups is 3. The van der Waals surface area contributed by atoms with Crippen LogP contribution >= 0.6 is 0 Å². The van der Waals surface area contributed by atoms with E-state index in [9.17, 15) is 14.4 Å². The fourth-order valence-electron chi connectivity index (χ4n) is 4.24. The molecule has 1 atom stereocenters. The van der Waals surface area contributed by atoms with Crippen molar-refractivity contribution in [2.45, 2.75) is 25.2 Å². The Morgan fingerprint density at radius 1 is 0.741 bits per heavy atom. The van der Waals surface area contributed by atoms with Crippen LogP contribution in [0.15, 0.2) is 77.3 Å². The van der Waals surface area contributed by atoms with Gasteiger partial charge in [-0.05, 0) is 12.0 Å². The van der Waals surface area contributed by atoms with Gasteiger partial charge in [0.1, 0.15) is 5.76 Å². The normalized spacial score (nSPS) is 21.5. The summed E-state index contributed by atoms with van der Waals surface area (Å²) in [5.74, 6) is -0.455. The molecule has 1 heterocycles. The van der Waals surface area contributed by atoms with Gasteiger partial charge in [0.2, 0.25) is 5.78 Å². The topological polar surface area (TPSA) is 60.4 Å². The van der Waals surface area contributed by atoms with Crippen LogP contribution in [0.3, 0.4) is 0 Å². The van der Waals surface area contributed by atoms with E-state index in [2.05, 4.69) is 0 Å². The van der Waals surface area contributed by atoms with Crippen molar-refractivity contribution < 1.29 is 19.1 Å². The lowest BCUT2D eigenvalue weighted by atomic mass is 9.72. The molecule has 0 radical (unpaired) electrons. The Bertz CT molecular complexity index is 1070. The van der Waals surface area contributed by atoms with E-state index in [1.165, 1.54) is 0 Å². The Labute approximate surface area is 156 Å². The van der Waals surface area contributed by atoms with Crippen LogP contribution in [0.5, 0.6) is 0 Å². The number of hydrogen-bond donors (Lipinski definition) is 0. The van der Waals surface area contributed by atoms with Crippen LogP contribution in [0.2, 0.25) is 0 Å². The number of rotatable bonds is 1. The van der Waals surface area contributed by atoms with Crippen LogP contribution < -0.4 is 0 Å². The highest BCUT2D eigenvalue weighted by atomic mass is 16.5. The van der Waals surface area contributed by atoms with E-state index in [0.29, 0.717) is 47.3 Å². The first-order valence-corrected chi connectivity index (χ1v) is 9.08. The molecule has 2 aliphatic carbocycles. The number of benzene rings is 2. The maximum atomic E-state index is 13.3. The molecule has 0 bridgehead atoms. The first-order chi connectivity index (χ1) is 13.2. The van der Waals surface area contributed by atoms with Crippen molar-refractivity contribution in [1.82, 2.24) is 0 Å². The van der Waals surface area contributed by atoms with Crippen molar-refractivity contribution in [3.63, 3.8) is 0 Å². The van der Waals surface area contributed by atoms with E-state index < -0.39 is 5.92 Å². The second kappa shape index (κ2) is 5.88. The van der Waals surface area contributed by atoms with Gasteiger partial charge in [-0.2, -0.15) is 0 Å². The second-order valence-corrected chi connectivity index (χ2v) is 7.01. The summed E-state index contributed by atoms with van der Waals surface area (Å²) in [5, 5.41) is 0. The van der Waals surface area contributed by atoms with Gasteiger partial charge in [0, 0.05) is 35.5 Å². The zero-order chi connectivity index (χ0) is 18.5. The third-order valence-electron chi connectivity index (χ3n) is 5.46. The molecule has 0 N–H and O–H groups in total. The van der Waals surface area contributed by atoms with Crippen molar-refractivity contribution in [1.29, 1.82) is 0 Å². The predicted octanol–water partition coefficient (Wildman–Crippen LogP) is 4.14. The molecule has 0 saturated carbocycles. The first-order valence-electron chi connectivity index (χ1n) is 9.08. The highest BCUT2D eigenvalue weighted by Crippen LogP contribution is 2.47. The molecule has 0 amide bonds. The fourth-order valence-corrected chi connectivity index (χ4v) is 4.24. The third-order valence-corrected chi connectivity index (χ3v) is 5.46. The van der Waals surface area contributed by atoms with E-state index in [1.54, 1.807) is 24.3 Å². The number of Topliss-reactive ketones (excluding diaryl/α,β-unsaturated/α-hetero) is 3. The van der Waals surface area contributed by atoms with E-state index in [4.69, 9.17) is 4.74 Å². The minimum Gasteiger partial charge on any atom is -0.457 e. The lowest BCUT2D eigenvalue weighted by molar-refractivity contribution is -0.116. The molecule has 3 aliphatic rings. The smallest absolute Gasteiger partial charge is 0.229 e. The lowest BCUT2D eigenvalue weighted by Gasteiger charge is -2.35. The highest BCUT2D eigenvalue weighted by molar-refractivity contribution is 6.27. The maximum Gasteiger partial charge on any atom is 0.229 e. The molecule has 0 spiro atoms. The van der Waals surface area contributed by atoms with Crippen LogP contribution in [-0.4, -0.2) is 17.3 Å². The van der Waals surface area contributed by atoms with Gasteiger partial charge in [0.25, 0.3) is 0 Å². The van der Waals surface area contributed by atoms with Crippen molar-refractivity contribution in [2.24, 2.45) is 0 Å². The van der Waals surface area contributed by atoms with Gasteiger partial charge in [-0.1, -0.05) is 54.6 Å². The Morgan fingerprint density at radius 3 is 2.15 bits per heavy atom. The highest BCUT2D eigenvalue weighted by Gasteiger charge is 2.45. The summed E-state index contributed by atoms with van der Waals surface area (Å²) >= 11 is 0. The Kier molecular flexibility index (Phi) is 3.47. The van der Waals surface area contributed by atoms with Gasteiger partial charge in [-0.15, -0.1) is 0 Å². The zero-order valence-electron chi connectivity index (χ0n) is 14.5. The molecule has 1 aliphatic heterocycles. The van der Waals surface area contributed by atoms with Gasteiger partial charge in [0.05, 0.1) is 5.57 Å². The minimum absolute atomic E-state index is 0.00393. The van der Waals surface area contributed by atoms with E-state index >= 15 is 0 Å². The molecular weight excluding hydrogens is 340 g/mol. The average Bonchev–Trinajstić information content (AvgIpc) is 2.71. The number of hydrogen-bond acceptors (Lipinski definition) is 4. The molecular formula is C23H16O4. The summed E-state index contributed by atoms with van der Waals surface area (Å²) in [6, 6.07) is 16.2. The van der Waals surface area contributed by atoms with Gasteiger partial charge >= 0.3 is 0 Å². The van der Waals surface area contributed by atoms with Crippen molar-refractivity contribution in [3.05, 3.63) is 94.0 Å². The molecule has 2 aromatic carbocycles. The third kappa shape index (κ3) is 2.26. The van der Waals surface area contributed by atoms with E-state index in [0.717, 1.165) is 5.56 Å². The average molecular weight is 356 g/mol. The quantitative estimate of drug-likeness (QED) is 0.770. The van der Waals surface area contributed by atoms with Crippen molar-refractivity contribution in [2.75, 3.05) is 0 Å². The SMILES string of the molecule is O=C1CCCC2=C1C(c1ccccc1)C1=C(O2)C(=O)c2ccccc2C1=O. The van der Waals surface area contributed by atoms with Gasteiger partial charge in [0.15, 0.2) is 17.3 Å². The minimum atomic E-state index is -0.553. The Hall–Kier alpha value is -3.27. The molecule has 27 heavy (non-hydrogen) atoms. The summed E-state index contributed by atoms with van der Waals surface area (Å²) in [7, 11) is 0. The first kappa shape index (κ1) is 15.9. The lowest BCUT2D eigenvalue weighted by Crippen LogP contribution is -2.34. The standard InChI is InChI=1S/C23H16O4/c24-16-11-6-12-17-19(16)18(13-7-2-1-3-8-13)20-21(25)14-9-4-5-10-15(14)22(26)23(20)27-17/h1-5,7-10,18H,6,11-12H2. The Balaban J connectivity index is 1.77. The number of ketones is 3. The van der Waals surface area contributed by atoms with E-state index in [1.807, 2.05) is 30.3 Å². The monoisotopic (exact) mass is 356 g/mol. The summed E-state index contributed by atoms with van der Waals surface area (Å²) in [5.41, 5.74) is 2.39. The molecule has 4 nitrogen and oxygen atoms in total. The second-order valence-electron chi connectivity index (χ2n) is 7.01. The molecule has 0 fully saturated rings. The predicted molar refractivity (Wildman–Crippen MR) is 98.3 cm³/mol. The molecule has 132 valence electrons. The number of carbonyl (C=O) groups excluding carboxylic acids is 3. The van der Waals surface area contributed by atoms with Crippen LogP contribution in [0.1, 0.15) is 51.5 Å².